The maximum Gasteiger partial charge on any atom is 0.271 e. The van der Waals surface area contributed by atoms with Gasteiger partial charge >= 0.3 is 0 Å². The standard InChI is InChI=1S/C12H10Cl2N2O2/c1-2-3-8(7-15)12(14)9-4-10(13)6-11(5-9)16(17)18/h4-6H,2-3H2,1H3/b12-8-. The van der Waals surface area contributed by atoms with E-state index in [1.165, 1.54) is 18.2 Å². The fourth-order valence-electron chi connectivity index (χ4n) is 1.45. The van der Waals surface area contributed by atoms with Gasteiger partial charge in [0.2, 0.25) is 0 Å². The number of nitro benzene ring substituents is 1. The van der Waals surface area contributed by atoms with Crippen molar-refractivity contribution in [2.45, 2.75) is 19.8 Å². The van der Waals surface area contributed by atoms with Crippen LogP contribution in [0.3, 0.4) is 0 Å². The molecule has 4 nitrogen and oxygen atoms in total. The smallest absolute Gasteiger partial charge is 0.258 e. The van der Waals surface area contributed by atoms with Crippen LogP contribution < -0.4 is 0 Å². The molecule has 0 atom stereocenters. The van der Waals surface area contributed by atoms with Gasteiger partial charge in [-0.15, -0.1) is 0 Å². The van der Waals surface area contributed by atoms with E-state index in [9.17, 15) is 10.1 Å². The summed E-state index contributed by atoms with van der Waals surface area (Å²) in [7, 11) is 0. The van der Waals surface area contributed by atoms with Crippen LogP contribution in [0, 0.1) is 21.4 Å². The third-order valence-corrected chi connectivity index (χ3v) is 2.91. The molecule has 0 aliphatic carbocycles. The number of benzene rings is 1. The van der Waals surface area contributed by atoms with E-state index < -0.39 is 4.92 Å². The lowest BCUT2D eigenvalue weighted by Gasteiger charge is -2.04. The number of nitriles is 1. The monoisotopic (exact) mass is 284 g/mol. The van der Waals surface area contributed by atoms with Crippen molar-refractivity contribution in [2.24, 2.45) is 0 Å². The molecule has 1 rings (SSSR count). The summed E-state index contributed by atoms with van der Waals surface area (Å²) in [6.45, 7) is 1.92. The number of non-ortho nitro benzene ring substituents is 1. The van der Waals surface area contributed by atoms with Crippen LogP contribution in [-0.2, 0) is 0 Å². The highest BCUT2D eigenvalue weighted by molar-refractivity contribution is 6.49. The number of nitro groups is 1. The van der Waals surface area contributed by atoms with E-state index in [0.29, 0.717) is 17.6 Å². The third-order valence-electron chi connectivity index (χ3n) is 2.25. The minimum atomic E-state index is -0.550. The molecule has 0 amide bonds. The summed E-state index contributed by atoms with van der Waals surface area (Å²) in [5, 5.41) is 20.1. The van der Waals surface area contributed by atoms with Gasteiger partial charge in [-0.1, -0.05) is 36.5 Å². The van der Waals surface area contributed by atoms with E-state index in [0.717, 1.165) is 6.42 Å². The molecular formula is C12H10Cl2N2O2. The van der Waals surface area contributed by atoms with Gasteiger partial charge in [0.15, 0.2) is 0 Å². The second kappa shape index (κ2) is 6.39. The van der Waals surface area contributed by atoms with E-state index in [1.807, 2.05) is 13.0 Å². The van der Waals surface area contributed by atoms with E-state index in [1.54, 1.807) is 0 Å². The van der Waals surface area contributed by atoms with Crippen LogP contribution in [0.15, 0.2) is 23.8 Å². The van der Waals surface area contributed by atoms with Gasteiger partial charge in [-0.2, -0.15) is 5.26 Å². The molecule has 1 aromatic carbocycles. The van der Waals surface area contributed by atoms with Crippen LogP contribution in [0.4, 0.5) is 5.69 Å². The number of hydrogen-bond donors (Lipinski definition) is 0. The average molecular weight is 285 g/mol. The molecule has 0 radical (unpaired) electrons. The molecule has 0 bridgehead atoms. The summed E-state index contributed by atoms with van der Waals surface area (Å²) in [5.41, 5.74) is 0.640. The molecule has 18 heavy (non-hydrogen) atoms. The Balaban J connectivity index is 3.33. The van der Waals surface area contributed by atoms with E-state index in [4.69, 9.17) is 28.5 Å². The Morgan fingerprint density at radius 2 is 2.17 bits per heavy atom. The first-order chi connectivity index (χ1) is 8.49. The largest absolute Gasteiger partial charge is 0.271 e. The average Bonchev–Trinajstić information content (AvgIpc) is 2.34. The minimum Gasteiger partial charge on any atom is -0.258 e. The van der Waals surface area contributed by atoms with E-state index in [2.05, 4.69) is 0 Å². The number of rotatable bonds is 4. The van der Waals surface area contributed by atoms with Crippen LogP contribution in [0.25, 0.3) is 5.03 Å². The van der Waals surface area contributed by atoms with Crippen molar-refractivity contribution >= 4 is 33.9 Å². The van der Waals surface area contributed by atoms with Crippen molar-refractivity contribution < 1.29 is 4.92 Å². The molecule has 1 aromatic rings. The zero-order chi connectivity index (χ0) is 13.7. The zero-order valence-corrected chi connectivity index (χ0v) is 11.1. The molecule has 0 N–H and O–H groups in total. The number of hydrogen-bond acceptors (Lipinski definition) is 3. The molecule has 0 fully saturated rings. The maximum absolute atomic E-state index is 10.7. The summed E-state index contributed by atoms with van der Waals surface area (Å²) in [6.07, 6.45) is 1.29. The lowest BCUT2D eigenvalue weighted by atomic mass is 10.1. The Morgan fingerprint density at radius 3 is 2.67 bits per heavy atom. The number of nitrogens with zero attached hydrogens (tertiary/aromatic N) is 2. The molecule has 0 spiro atoms. The van der Waals surface area contributed by atoms with Crippen molar-refractivity contribution in [1.29, 1.82) is 5.26 Å². The lowest BCUT2D eigenvalue weighted by molar-refractivity contribution is -0.384. The quantitative estimate of drug-likeness (QED) is 0.464. The Bertz CT molecular complexity index is 547. The van der Waals surface area contributed by atoms with Gasteiger partial charge in [0.05, 0.1) is 16.0 Å². The van der Waals surface area contributed by atoms with Crippen molar-refractivity contribution in [3.05, 3.63) is 44.5 Å². The highest BCUT2D eigenvalue weighted by Crippen LogP contribution is 2.30. The minimum absolute atomic E-state index is 0.149. The first kappa shape index (κ1) is 14.5. The van der Waals surface area contributed by atoms with Crippen molar-refractivity contribution in [2.75, 3.05) is 0 Å². The molecule has 0 aromatic heterocycles. The molecule has 94 valence electrons. The fraction of sp³-hybridized carbons (Fsp3) is 0.250. The topological polar surface area (TPSA) is 66.9 Å². The Kier molecular flexibility index (Phi) is 5.14. The highest BCUT2D eigenvalue weighted by atomic mass is 35.5. The molecule has 0 unspecified atom stereocenters. The van der Waals surface area contributed by atoms with Gasteiger partial charge in [0.25, 0.3) is 5.69 Å². The SMILES string of the molecule is CCC/C(C#N)=C(/Cl)c1cc(Cl)cc([N+](=O)[O-])c1. The van der Waals surface area contributed by atoms with E-state index in [-0.39, 0.29) is 15.7 Å². The lowest BCUT2D eigenvalue weighted by Crippen LogP contribution is -1.91. The second-order valence-corrected chi connectivity index (χ2v) is 4.42. The second-order valence-electron chi connectivity index (χ2n) is 3.61. The zero-order valence-electron chi connectivity index (χ0n) is 9.61. The molecule has 0 aliphatic heterocycles. The van der Waals surface area contributed by atoms with E-state index >= 15 is 0 Å². The van der Waals surface area contributed by atoms with Gasteiger partial charge < -0.3 is 0 Å². The highest BCUT2D eigenvalue weighted by Gasteiger charge is 2.13. The van der Waals surface area contributed by atoms with Gasteiger partial charge in [0, 0.05) is 28.3 Å². The Morgan fingerprint density at radius 1 is 1.50 bits per heavy atom. The van der Waals surface area contributed by atoms with Gasteiger partial charge in [-0.3, -0.25) is 10.1 Å². The van der Waals surface area contributed by atoms with Crippen LogP contribution in [-0.4, -0.2) is 4.92 Å². The first-order valence-electron chi connectivity index (χ1n) is 5.23. The third kappa shape index (κ3) is 3.46. The predicted octanol–water partition coefficient (Wildman–Crippen LogP) is 4.52. The summed E-state index contributed by atoms with van der Waals surface area (Å²) < 4.78 is 0. The number of halogens is 2. The summed E-state index contributed by atoms with van der Waals surface area (Å²) in [4.78, 5) is 10.2. The van der Waals surface area contributed by atoms with Gasteiger partial charge in [-0.25, -0.2) is 0 Å². The Hall–Kier alpha value is -1.57. The maximum atomic E-state index is 10.7. The van der Waals surface area contributed by atoms with Crippen LogP contribution in [0.5, 0.6) is 0 Å². The van der Waals surface area contributed by atoms with Crippen LogP contribution >= 0.6 is 23.2 Å². The number of allylic oxidation sites excluding steroid dienone is 1. The summed E-state index contributed by atoms with van der Waals surface area (Å²) in [6, 6.07) is 6.05. The summed E-state index contributed by atoms with van der Waals surface area (Å²) in [5.74, 6) is 0. The molecule has 0 saturated heterocycles. The molecule has 0 saturated carbocycles. The predicted molar refractivity (Wildman–Crippen MR) is 71.4 cm³/mol. The van der Waals surface area contributed by atoms with Gasteiger partial charge in [-0.05, 0) is 12.5 Å². The van der Waals surface area contributed by atoms with Crippen molar-refractivity contribution in [3.8, 4) is 6.07 Å². The van der Waals surface area contributed by atoms with Crippen molar-refractivity contribution in [3.63, 3.8) is 0 Å². The van der Waals surface area contributed by atoms with Gasteiger partial charge in [0.1, 0.15) is 0 Å². The molecule has 0 heterocycles. The van der Waals surface area contributed by atoms with Crippen LogP contribution in [0.2, 0.25) is 5.02 Å². The molecular weight excluding hydrogens is 275 g/mol. The van der Waals surface area contributed by atoms with Crippen LogP contribution in [0.1, 0.15) is 25.3 Å². The Labute approximate surface area is 115 Å². The molecule has 6 heteroatoms. The normalized spacial score (nSPS) is 11.7. The van der Waals surface area contributed by atoms with Crippen molar-refractivity contribution in [1.82, 2.24) is 0 Å². The summed E-state index contributed by atoms with van der Waals surface area (Å²) >= 11 is 11.9. The molecule has 0 aliphatic rings. The fourth-order valence-corrected chi connectivity index (χ4v) is 1.92. The first-order valence-corrected chi connectivity index (χ1v) is 5.99.